The summed E-state index contributed by atoms with van der Waals surface area (Å²) in [4.78, 5) is 20.0. The summed E-state index contributed by atoms with van der Waals surface area (Å²) in [5.74, 6) is -0.125. The van der Waals surface area contributed by atoms with Gasteiger partial charge in [-0.15, -0.1) is 0 Å². The molecule has 0 saturated carbocycles. The van der Waals surface area contributed by atoms with Gasteiger partial charge in [-0.05, 0) is 55.4 Å². The summed E-state index contributed by atoms with van der Waals surface area (Å²) in [6.07, 6.45) is 2.00. The van der Waals surface area contributed by atoms with Crippen molar-refractivity contribution < 1.29 is 51.7 Å². The van der Waals surface area contributed by atoms with Crippen LogP contribution in [0.3, 0.4) is 0 Å². The van der Waals surface area contributed by atoms with Crippen LogP contribution in [0.1, 0.15) is 55.4 Å². The molecule has 7 heteroatoms. The third-order valence-electron chi connectivity index (χ3n) is 0.824. The average Bonchev–Trinajstić information content (AvgIpc) is 2.10. The van der Waals surface area contributed by atoms with Gasteiger partial charge in [-0.2, -0.15) is 0 Å². The second kappa shape index (κ2) is 23.3. The molecule has 0 atom stereocenters. The predicted molar refractivity (Wildman–Crippen MR) is 88.8 cm³/mol. The van der Waals surface area contributed by atoms with Crippen molar-refractivity contribution in [3.63, 3.8) is 0 Å². The van der Waals surface area contributed by atoms with E-state index in [1.807, 2.05) is 0 Å². The van der Waals surface area contributed by atoms with Crippen LogP contribution in [0.5, 0.6) is 0 Å². The number of ketones is 2. The molecule has 0 aromatic carbocycles. The summed E-state index contributed by atoms with van der Waals surface area (Å²) in [6.45, 7) is 12.6. The molecule has 0 aliphatic carbocycles. The van der Waals surface area contributed by atoms with E-state index in [9.17, 15) is 9.59 Å². The summed E-state index contributed by atoms with van der Waals surface area (Å²) in [6, 6.07) is 0. The first-order chi connectivity index (χ1) is 9.72. The first kappa shape index (κ1) is 33.6. The maximum Gasteiger partial charge on any atom is 0.155 e. The van der Waals surface area contributed by atoms with Gasteiger partial charge >= 0.3 is 0 Å². The number of aliphatic hydroxyl groups is 4. The van der Waals surface area contributed by atoms with Crippen LogP contribution in [0, 0.1) is 0 Å². The smallest absolute Gasteiger partial charge is 0.155 e. The van der Waals surface area contributed by atoms with Gasteiger partial charge in [-0.1, -0.05) is 0 Å². The quantitative estimate of drug-likeness (QED) is 0.338. The minimum absolute atomic E-state index is 0. The van der Waals surface area contributed by atoms with Crippen molar-refractivity contribution in [1.29, 1.82) is 0 Å². The fourth-order valence-corrected chi connectivity index (χ4v) is 0.588. The van der Waals surface area contributed by atoms with E-state index >= 15 is 0 Å². The van der Waals surface area contributed by atoms with E-state index < -0.39 is 0 Å². The second-order valence-electron chi connectivity index (χ2n) is 4.98. The van der Waals surface area contributed by atoms with Crippen LogP contribution in [-0.2, 0) is 31.3 Å². The molecule has 0 amide bonds. The van der Waals surface area contributed by atoms with E-state index in [1.165, 1.54) is 39.8 Å². The Labute approximate surface area is 154 Å². The normalized spacial score (nSPS) is 10.1. The molecule has 0 heterocycles. The Morgan fingerprint density at radius 2 is 0.826 bits per heavy atom. The number of carbonyl (C=O) groups is 2. The number of hydrogen-bond acceptors (Lipinski definition) is 6. The summed E-state index contributed by atoms with van der Waals surface area (Å²) in [5, 5.41) is 32.8. The van der Waals surface area contributed by atoms with Crippen LogP contribution in [0.15, 0.2) is 23.7 Å². The van der Waals surface area contributed by atoms with Crippen LogP contribution >= 0.6 is 0 Å². The maximum atomic E-state index is 10.0. The zero-order valence-electron chi connectivity index (χ0n) is 15.4. The average molecular weight is 368 g/mol. The second-order valence-corrected chi connectivity index (χ2v) is 4.98. The van der Waals surface area contributed by atoms with E-state index in [1.54, 1.807) is 27.7 Å². The van der Waals surface area contributed by atoms with Crippen molar-refractivity contribution in [2.24, 2.45) is 0 Å². The summed E-state index contributed by atoms with van der Waals surface area (Å²) in [7, 11) is 0. The van der Waals surface area contributed by atoms with Crippen LogP contribution in [0.25, 0.3) is 0 Å². The molecule has 0 aliphatic heterocycles. The third-order valence-corrected chi connectivity index (χ3v) is 0.824. The number of carbonyl (C=O) groups excluding carboxylic acids is 2. The summed E-state index contributed by atoms with van der Waals surface area (Å²) < 4.78 is 0. The molecule has 0 bridgehead atoms. The molecular weight excluding hydrogens is 336 g/mol. The number of hydrogen-bond donors (Lipinski definition) is 4. The fraction of sp³-hybridized carbons (Fsp3) is 0.625. The minimum atomic E-state index is -0.167. The maximum absolute atomic E-state index is 10.0. The molecule has 0 aliphatic rings. The molecule has 136 valence electrons. The van der Waals surface area contributed by atoms with Gasteiger partial charge in [-0.3, -0.25) is 9.59 Å². The van der Waals surface area contributed by atoms with Crippen molar-refractivity contribution in [3.8, 4) is 0 Å². The standard InChI is InChI=1S/2C5H8O2.2C3H8O.Ti/c2*1-4(6)3-5(2)7;2*1-3(2)4;/h2*3,6H,1-2H3;2*3-4H,1-2H3;/b2*4-3+;;;. The van der Waals surface area contributed by atoms with E-state index in [4.69, 9.17) is 20.4 Å². The van der Waals surface area contributed by atoms with Crippen LogP contribution in [0.4, 0.5) is 0 Å². The molecular formula is C16H32O6Ti. The van der Waals surface area contributed by atoms with Gasteiger partial charge in [0.25, 0.3) is 0 Å². The van der Waals surface area contributed by atoms with Gasteiger partial charge in [0.2, 0.25) is 0 Å². The molecule has 0 saturated heterocycles. The van der Waals surface area contributed by atoms with E-state index in [0.717, 1.165) is 0 Å². The summed E-state index contributed by atoms with van der Waals surface area (Å²) in [5.41, 5.74) is 0. The van der Waals surface area contributed by atoms with Crippen LogP contribution in [-0.4, -0.2) is 44.2 Å². The zero-order chi connectivity index (χ0) is 18.9. The molecule has 0 fully saturated rings. The van der Waals surface area contributed by atoms with Gasteiger partial charge in [0.05, 0.1) is 11.5 Å². The Bertz CT molecular complexity index is 299. The van der Waals surface area contributed by atoms with Gasteiger partial charge in [0.15, 0.2) is 11.6 Å². The van der Waals surface area contributed by atoms with Gasteiger partial charge in [0.1, 0.15) is 0 Å². The SMILES string of the molecule is CC(=O)/C=C(\C)O.CC(=O)/C=C(\C)O.CC(C)O.CC(C)O.[Ti]. The number of rotatable bonds is 2. The van der Waals surface area contributed by atoms with Crippen molar-refractivity contribution in [1.82, 2.24) is 0 Å². The Morgan fingerprint density at radius 1 is 0.696 bits per heavy atom. The molecule has 0 spiro atoms. The van der Waals surface area contributed by atoms with E-state index in [2.05, 4.69) is 0 Å². The van der Waals surface area contributed by atoms with E-state index in [-0.39, 0.29) is 57.0 Å². The Hall–Kier alpha value is -0.946. The van der Waals surface area contributed by atoms with Crippen molar-refractivity contribution in [2.75, 3.05) is 0 Å². The van der Waals surface area contributed by atoms with Crippen LogP contribution in [0.2, 0.25) is 0 Å². The van der Waals surface area contributed by atoms with Gasteiger partial charge < -0.3 is 20.4 Å². The predicted octanol–water partition coefficient (Wildman–Crippen LogP) is 2.85. The Balaban J connectivity index is -0.0000000639. The first-order valence-electron chi connectivity index (χ1n) is 6.84. The molecule has 6 nitrogen and oxygen atoms in total. The van der Waals surface area contributed by atoms with Crippen LogP contribution < -0.4 is 0 Å². The van der Waals surface area contributed by atoms with Crippen molar-refractivity contribution in [3.05, 3.63) is 23.7 Å². The van der Waals surface area contributed by atoms with Crippen molar-refractivity contribution >= 4 is 11.6 Å². The Morgan fingerprint density at radius 3 is 0.826 bits per heavy atom. The molecule has 0 radical (unpaired) electrons. The molecule has 23 heavy (non-hydrogen) atoms. The first-order valence-corrected chi connectivity index (χ1v) is 6.84. The minimum Gasteiger partial charge on any atom is -0.512 e. The fourth-order valence-electron chi connectivity index (χ4n) is 0.588. The summed E-state index contributed by atoms with van der Waals surface area (Å²) >= 11 is 0. The van der Waals surface area contributed by atoms with Gasteiger partial charge in [0, 0.05) is 46.1 Å². The van der Waals surface area contributed by atoms with Gasteiger partial charge in [-0.25, -0.2) is 0 Å². The molecule has 0 aromatic rings. The molecule has 0 unspecified atom stereocenters. The largest absolute Gasteiger partial charge is 0.512 e. The molecule has 0 rings (SSSR count). The van der Waals surface area contributed by atoms with Crippen molar-refractivity contribution in [2.45, 2.75) is 67.6 Å². The number of aliphatic hydroxyl groups excluding tert-OH is 4. The number of allylic oxidation sites excluding steroid dienone is 4. The van der Waals surface area contributed by atoms with E-state index in [0.29, 0.717) is 0 Å². The Kier molecular flexibility index (Phi) is 34.1. The zero-order valence-corrected chi connectivity index (χ0v) is 17.0. The monoisotopic (exact) mass is 368 g/mol. The molecule has 0 aromatic heterocycles. The third kappa shape index (κ3) is 154. The molecule has 4 N–H and O–H groups in total. The topological polar surface area (TPSA) is 115 Å².